The standard InChI is InChI=1S/C25H29N3O/c29-25-24(22-12-5-2-6-13-22)15-16-26-28(25)19-8-7-17-27-18-9-14-23(20-27)21-10-3-1-4-11-21/h1-6,10-13,15-16,23H,7-9,14,17-20H2/t23-/m1/s1. The zero-order valence-corrected chi connectivity index (χ0v) is 16.9. The van der Waals surface area contributed by atoms with E-state index in [-0.39, 0.29) is 5.56 Å². The number of aromatic nitrogens is 2. The molecular formula is C25H29N3O. The van der Waals surface area contributed by atoms with Crippen molar-refractivity contribution in [1.82, 2.24) is 14.7 Å². The molecule has 1 aliphatic rings. The Labute approximate surface area is 172 Å². The van der Waals surface area contributed by atoms with E-state index < -0.39 is 0 Å². The minimum Gasteiger partial charge on any atom is -0.303 e. The first-order valence-corrected chi connectivity index (χ1v) is 10.7. The molecule has 0 unspecified atom stereocenters. The highest BCUT2D eigenvalue weighted by molar-refractivity contribution is 5.61. The van der Waals surface area contributed by atoms with Crippen molar-refractivity contribution in [3.8, 4) is 11.1 Å². The van der Waals surface area contributed by atoms with Crippen LogP contribution in [-0.2, 0) is 6.54 Å². The van der Waals surface area contributed by atoms with E-state index in [1.807, 2.05) is 36.4 Å². The first kappa shape index (κ1) is 19.6. The van der Waals surface area contributed by atoms with E-state index in [2.05, 4.69) is 40.3 Å². The zero-order valence-electron chi connectivity index (χ0n) is 16.9. The first-order chi connectivity index (χ1) is 14.3. The minimum atomic E-state index is 0.000754. The van der Waals surface area contributed by atoms with Gasteiger partial charge in [-0.05, 0) is 61.9 Å². The molecule has 0 spiro atoms. The summed E-state index contributed by atoms with van der Waals surface area (Å²) in [5.41, 5.74) is 3.14. The van der Waals surface area contributed by atoms with Gasteiger partial charge in [-0.3, -0.25) is 4.79 Å². The second-order valence-electron chi connectivity index (χ2n) is 7.90. The number of benzene rings is 2. The lowest BCUT2D eigenvalue weighted by Crippen LogP contribution is -2.35. The van der Waals surface area contributed by atoms with Crippen LogP contribution in [0.3, 0.4) is 0 Å². The topological polar surface area (TPSA) is 38.1 Å². The minimum absolute atomic E-state index is 0.000754. The smallest absolute Gasteiger partial charge is 0.274 e. The van der Waals surface area contributed by atoms with Crippen LogP contribution in [-0.4, -0.2) is 34.3 Å². The van der Waals surface area contributed by atoms with E-state index in [1.165, 1.54) is 24.9 Å². The Bertz CT molecular complexity index is 953. The van der Waals surface area contributed by atoms with E-state index in [4.69, 9.17) is 0 Å². The number of rotatable bonds is 7. The fourth-order valence-corrected chi connectivity index (χ4v) is 4.30. The fourth-order valence-electron chi connectivity index (χ4n) is 4.30. The van der Waals surface area contributed by atoms with Crippen LogP contribution in [0, 0.1) is 0 Å². The van der Waals surface area contributed by atoms with Gasteiger partial charge in [0.2, 0.25) is 0 Å². The van der Waals surface area contributed by atoms with Gasteiger partial charge in [0.05, 0.1) is 5.56 Å². The lowest BCUT2D eigenvalue weighted by molar-refractivity contribution is 0.203. The quantitative estimate of drug-likeness (QED) is 0.558. The predicted molar refractivity (Wildman–Crippen MR) is 118 cm³/mol. The molecule has 0 saturated carbocycles. The molecule has 2 heterocycles. The molecule has 0 aliphatic carbocycles. The van der Waals surface area contributed by atoms with Crippen LogP contribution in [0.15, 0.2) is 77.7 Å². The molecule has 0 bridgehead atoms. The van der Waals surface area contributed by atoms with Crippen LogP contribution in [0.25, 0.3) is 11.1 Å². The summed E-state index contributed by atoms with van der Waals surface area (Å²) >= 11 is 0. The van der Waals surface area contributed by atoms with Gasteiger partial charge in [0.1, 0.15) is 0 Å². The number of unbranched alkanes of at least 4 members (excludes halogenated alkanes) is 1. The molecule has 1 aliphatic heterocycles. The van der Waals surface area contributed by atoms with Gasteiger partial charge in [0.25, 0.3) is 5.56 Å². The average Bonchev–Trinajstić information content (AvgIpc) is 2.79. The summed E-state index contributed by atoms with van der Waals surface area (Å²) in [7, 11) is 0. The Morgan fingerprint density at radius 2 is 1.62 bits per heavy atom. The van der Waals surface area contributed by atoms with Crippen molar-refractivity contribution in [2.24, 2.45) is 0 Å². The Morgan fingerprint density at radius 3 is 2.41 bits per heavy atom. The maximum Gasteiger partial charge on any atom is 0.274 e. The van der Waals surface area contributed by atoms with Gasteiger partial charge >= 0.3 is 0 Å². The van der Waals surface area contributed by atoms with E-state index in [0.29, 0.717) is 12.5 Å². The molecule has 4 heteroatoms. The van der Waals surface area contributed by atoms with E-state index in [9.17, 15) is 4.79 Å². The van der Waals surface area contributed by atoms with Crippen LogP contribution in [0.1, 0.15) is 37.2 Å². The molecule has 3 aromatic rings. The third-order valence-corrected chi connectivity index (χ3v) is 5.87. The van der Waals surface area contributed by atoms with Gasteiger partial charge in [-0.2, -0.15) is 5.10 Å². The lowest BCUT2D eigenvalue weighted by Gasteiger charge is -2.33. The molecule has 0 N–H and O–H groups in total. The maximum absolute atomic E-state index is 12.8. The molecule has 150 valence electrons. The Morgan fingerprint density at radius 1 is 0.897 bits per heavy atom. The number of nitrogens with zero attached hydrogens (tertiary/aromatic N) is 3. The van der Waals surface area contributed by atoms with Crippen molar-refractivity contribution in [1.29, 1.82) is 0 Å². The molecule has 2 aromatic carbocycles. The molecule has 1 saturated heterocycles. The third-order valence-electron chi connectivity index (χ3n) is 5.87. The van der Waals surface area contributed by atoms with Gasteiger partial charge in [0.15, 0.2) is 0 Å². The van der Waals surface area contributed by atoms with Gasteiger partial charge < -0.3 is 4.90 Å². The summed E-state index contributed by atoms with van der Waals surface area (Å²) in [4.78, 5) is 15.3. The average molecular weight is 388 g/mol. The number of hydrogen-bond donors (Lipinski definition) is 0. The van der Waals surface area contributed by atoms with Crippen LogP contribution in [0.2, 0.25) is 0 Å². The van der Waals surface area contributed by atoms with Crippen LogP contribution in [0.4, 0.5) is 0 Å². The SMILES string of the molecule is O=c1c(-c2ccccc2)ccnn1CCCCN1CCC[C@@H](c2ccccc2)C1. The molecule has 4 rings (SSSR count). The van der Waals surface area contributed by atoms with Crippen molar-refractivity contribution in [3.05, 3.63) is 88.8 Å². The van der Waals surface area contributed by atoms with Crippen LogP contribution >= 0.6 is 0 Å². The fraction of sp³-hybridized carbons (Fsp3) is 0.360. The molecule has 29 heavy (non-hydrogen) atoms. The number of piperidine rings is 1. The third kappa shape index (κ3) is 5.01. The van der Waals surface area contributed by atoms with Crippen molar-refractivity contribution in [3.63, 3.8) is 0 Å². The number of aryl methyl sites for hydroxylation is 1. The Balaban J connectivity index is 1.29. The highest BCUT2D eigenvalue weighted by Gasteiger charge is 2.20. The van der Waals surface area contributed by atoms with Crippen molar-refractivity contribution in [2.45, 2.75) is 38.1 Å². The Hall–Kier alpha value is -2.72. The molecular weight excluding hydrogens is 358 g/mol. The van der Waals surface area contributed by atoms with E-state index >= 15 is 0 Å². The van der Waals surface area contributed by atoms with Gasteiger partial charge in [-0.1, -0.05) is 60.7 Å². The highest BCUT2D eigenvalue weighted by Crippen LogP contribution is 2.26. The van der Waals surface area contributed by atoms with E-state index in [1.54, 1.807) is 10.9 Å². The monoisotopic (exact) mass is 387 g/mol. The Kier molecular flexibility index (Phi) is 6.52. The zero-order chi connectivity index (χ0) is 19.9. The second kappa shape index (κ2) is 9.66. The molecule has 0 amide bonds. The van der Waals surface area contributed by atoms with Gasteiger partial charge in [-0.25, -0.2) is 4.68 Å². The van der Waals surface area contributed by atoms with Crippen molar-refractivity contribution in [2.75, 3.05) is 19.6 Å². The normalized spacial score (nSPS) is 17.3. The molecule has 0 radical (unpaired) electrons. The van der Waals surface area contributed by atoms with Crippen molar-refractivity contribution < 1.29 is 0 Å². The van der Waals surface area contributed by atoms with Gasteiger partial charge in [0, 0.05) is 19.3 Å². The maximum atomic E-state index is 12.8. The lowest BCUT2D eigenvalue weighted by atomic mass is 9.90. The highest BCUT2D eigenvalue weighted by atomic mass is 16.1. The summed E-state index contributed by atoms with van der Waals surface area (Å²) in [6.07, 6.45) is 6.34. The predicted octanol–water partition coefficient (Wildman–Crippen LogP) is 4.57. The summed E-state index contributed by atoms with van der Waals surface area (Å²) in [5, 5.41) is 4.29. The summed E-state index contributed by atoms with van der Waals surface area (Å²) < 4.78 is 1.62. The summed E-state index contributed by atoms with van der Waals surface area (Å²) in [6.45, 7) is 4.10. The number of hydrogen-bond acceptors (Lipinski definition) is 3. The largest absolute Gasteiger partial charge is 0.303 e. The van der Waals surface area contributed by atoms with Crippen LogP contribution in [0.5, 0.6) is 0 Å². The first-order valence-electron chi connectivity index (χ1n) is 10.7. The molecule has 4 nitrogen and oxygen atoms in total. The molecule has 1 atom stereocenters. The van der Waals surface area contributed by atoms with E-state index in [0.717, 1.165) is 37.1 Å². The molecule has 1 fully saturated rings. The summed E-state index contributed by atoms with van der Waals surface area (Å²) in [5.74, 6) is 0.650. The van der Waals surface area contributed by atoms with Gasteiger partial charge in [-0.15, -0.1) is 0 Å². The van der Waals surface area contributed by atoms with Crippen LogP contribution < -0.4 is 5.56 Å². The summed E-state index contributed by atoms with van der Waals surface area (Å²) in [6, 6.07) is 22.5. The molecule has 1 aromatic heterocycles. The van der Waals surface area contributed by atoms with Crippen molar-refractivity contribution >= 4 is 0 Å². The second-order valence-corrected chi connectivity index (χ2v) is 7.90. The number of likely N-dealkylation sites (tertiary alicyclic amines) is 1.